The first kappa shape index (κ1) is 17.8. The third-order valence-corrected chi connectivity index (χ3v) is 3.91. The minimum Gasteiger partial charge on any atom is -0.354 e. The van der Waals surface area contributed by atoms with Crippen LogP contribution in [0.1, 0.15) is 12.0 Å². The molecule has 1 aliphatic heterocycles. The highest BCUT2D eigenvalue weighted by Gasteiger charge is 2.33. The summed E-state index contributed by atoms with van der Waals surface area (Å²) in [5.41, 5.74) is 1.05. The van der Waals surface area contributed by atoms with Gasteiger partial charge in [0.05, 0.1) is 5.92 Å². The average molecular weight is 332 g/mol. The maximum absolute atomic E-state index is 12.2. The lowest BCUT2D eigenvalue weighted by molar-refractivity contribution is -0.129. The quantitative estimate of drug-likeness (QED) is 0.741. The highest BCUT2D eigenvalue weighted by atomic mass is 16.2. The van der Waals surface area contributed by atoms with Crippen LogP contribution in [0, 0.1) is 5.92 Å². The Labute approximate surface area is 142 Å². The molecule has 1 aromatic carbocycles. The zero-order valence-electron chi connectivity index (χ0n) is 14.1. The van der Waals surface area contributed by atoms with Crippen molar-refractivity contribution < 1.29 is 14.4 Å². The minimum atomic E-state index is -0.328. The maximum Gasteiger partial charge on any atom is 0.316 e. The molecule has 130 valence electrons. The fourth-order valence-corrected chi connectivity index (χ4v) is 2.56. The number of rotatable bonds is 6. The smallest absolute Gasteiger partial charge is 0.316 e. The van der Waals surface area contributed by atoms with E-state index in [4.69, 9.17) is 0 Å². The van der Waals surface area contributed by atoms with Crippen LogP contribution in [0.5, 0.6) is 0 Å². The lowest BCUT2D eigenvalue weighted by Gasteiger charge is -2.17. The molecule has 1 aliphatic rings. The van der Waals surface area contributed by atoms with Crippen molar-refractivity contribution in [3.63, 3.8) is 0 Å². The Morgan fingerprint density at radius 1 is 1.17 bits per heavy atom. The van der Waals surface area contributed by atoms with Crippen LogP contribution in [0.2, 0.25) is 0 Å². The van der Waals surface area contributed by atoms with Crippen LogP contribution < -0.4 is 10.6 Å². The monoisotopic (exact) mass is 332 g/mol. The number of carbonyl (C=O) groups excluding carboxylic acids is 3. The number of carbonyl (C=O) groups is 3. The van der Waals surface area contributed by atoms with Gasteiger partial charge in [0.1, 0.15) is 0 Å². The number of nitrogens with one attached hydrogen (secondary N) is 2. The predicted octanol–water partition coefficient (Wildman–Crippen LogP) is 0.423. The molecule has 1 fully saturated rings. The van der Waals surface area contributed by atoms with Crippen LogP contribution in [0.25, 0.3) is 0 Å². The second-order valence-electron chi connectivity index (χ2n) is 6.08. The maximum atomic E-state index is 12.2. The van der Waals surface area contributed by atoms with Gasteiger partial charge in [-0.25, -0.2) is 4.79 Å². The fourth-order valence-electron chi connectivity index (χ4n) is 2.56. The molecule has 24 heavy (non-hydrogen) atoms. The summed E-state index contributed by atoms with van der Waals surface area (Å²) in [7, 11) is 3.30. The van der Waals surface area contributed by atoms with Gasteiger partial charge in [-0.2, -0.15) is 0 Å². The van der Waals surface area contributed by atoms with Gasteiger partial charge in [0.15, 0.2) is 0 Å². The zero-order valence-corrected chi connectivity index (χ0v) is 14.1. The molecule has 2 N–H and O–H groups in total. The van der Waals surface area contributed by atoms with E-state index < -0.39 is 0 Å². The summed E-state index contributed by atoms with van der Waals surface area (Å²) in [6, 6.07) is 9.53. The van der Waals surface area contributed by atoms with E-state index in [2.05, 4.69) is 10.6 Å². The van der Waals surface area contributed by atoms with Gasteiger partial charge in [0, 0.05) is 46.7 Å². The lowest BCUT2D eigenvalue weighted by Crippen LogP contribution is -2.41. The number of benzene rings is 1. The van der Waals surface area contributed by atoms with Gasteiger partial charge >= 0.3 is 6.03 Å². The third kappa shape index (κ3) is 4.97. The predicted molar refractivity (Wildman–Crippen MR) is 90.1 cm³/mol. The van der Waals surface area contributed by atoms with E-state index in [0.29, 0.717) is 26.2 Å². The molecule has 0 aromatic heterocycles. The Morgan fingerprint density at radius 2 is 1.83 bits per heavy atom. The standard InChI is InChI=1S/C17H24N4O3/c1-20(2)17(24)19-9-8-18-16(23)14-10-15(22)21(12-14)11-13-6-4-3-5-7-13/h3-7,14H,8-12H2,1-2H3,(H,18,23)(H,19,24). The van der Waals surface area contributed by atoms with E-state index in [9.17, 15) is 14.4 Å². The number of hydrogen-bond acceptors (Lipinski definition) is 3. The first-order valence-corrected chi connectivity index (χ1v) is 8.02. The molecule has 1 atom stereocenters. The first-order chi connectivity index (χ1) is 11.5. The summed E-state index contributed by atoms with van der Waals surface area (Å²) >= 11 is 0. The van der Waals surface area contributed by atoms with E-state index in [1.165, 1.54) is 4.90 Å². The Hall–Kier alpha value is -2.57. The van der Waals surface area contributed by atoms with Crippen molar-refractivity contribution in [1.82, 2.24) is 20.4 Å². The lowest BCUT2D eigenvalue weighted by atomic mass is 10.1. The molecule has 1 saturated heterocycles. The van der Waals surface area contributed by atoms with Crippen molar-refractivity contribution >= 4 is 17.8 Å². The summed E-state index contributed by atoms with van der Waals surface area (Å²) < 4.78 is 0. The van der Waals surface area contributed by atoms with Crippen molar-refractivity contribution in [3.05, 3.63) is 35.9 Å². The molecule has 1 heterocycles. The fraction of sp³-hybridized carbons (Fsp3) is 0.471. The van der Waals surface area contributed by atoms with Crippen LogP contribution in [0.3, 0.4) is 0 Å². The normalized spacial score (nSPS) is 16.8. The van der Waals surface area contributed by atoms with Crippen LogP contribution in [0.4, 0.5) is 4.79 Å². The molecule has 1 unspecified atom stereocenters. The SMILES string of the molecule is CN(C)C(=O)NCCNC(=O)C1CC(=O)N(Cc2ccccc2)C1. The molecular weight excluding hydrogens is 308 g/mol. The highest BCUT2D eigenvalue weighted by Crippen LogP contribution is 2.20. The van der Waals surface area contributed by atoms with Gasteiger partial charge in [-0.15, -0.1) is 0 Å². The van der Waals surface area contributed by atoms with E-state index in [1.807, 2.05) is 30.3 Å². The summed E-state index contributed by atoms with van der Waals surface area (Å²) in [6.45, 7) is 1.67. The topological polar surface area (TPSA) is 81.8 Å². The molecule has 0 aliphatic carbocycles. The Bertz CT molecular complexity index is 589. The summed E-state index contributed by atoms with van der Waals surface area (Å²) in [5.74, 6) is -0.469. The van der Waals surface area contributed by atoms with E-state index in [1.54, 1.807) is 19.0 Å². The molecule has 4 amide bonds. The summed E-state index contributed by atoms with van der Waals surface area (Å²) in [6.07, 6.45) is 0.239. The van der Waals surface area contributed by atoms with Gasteiger partial charge in [0.2, 0.25) is 11.8 Å². The summed E-state index contributed by atoms with van der Waals surface area (Å²) in [5, 5.41) is 5.45. The number of amides is 4. The molecule has 0 spiro atoms. The first-order valence-electron chi connectivity index (χ1n) is 8.02. The van der Waals surface area contributed by atoms with Crippen molar-refractivity contribution in [3.8, 4) is 0 Å². The van der Waals surface area contributed by atoms with Gasteiger partial charge in [0.25, 0.3) is 0 Å². The molecule has 2 rings (SSSR count). The Balaban J connectivity index is 1.74. The third-order valence-electron chi connectivity index (χ3n) is 3.91. The van der Waals surface area contributed by atoms with Gasteiger partial charge < -0.3 is 20.4 Å². The summed E-state index contributed by atoms with van der Waals surface area (Å²) in [4.78, 5) is 38.7. The van der Waals surface area contributed by atoms with E-state index >= 15 is 0 Å². The van der Waals surface area contributed by atoms with Crippen LogP contribution in [-0.2, 0) is 16.1 Å². The van der Waals surface area contributed by atoms with Crippen LogP contribution in [0.15, 0.2) is 30.3 Å². The van der Waals surface area contributed by atoms with E-state index in [-0.39, 0.29) is 30.2 Å². The largest absolute Gasteiger partial charge is 0.354 e. The Morgan fingerprint density at radius 3 is 2.50 bits per heavy atom. The Kier molecular flexibility index (Phi) is 6.17. The van der Waals surface area contributed by atoms with Gasteiger partial charge in [-0.05, 0) is 5.56 Å². The van der Waals surface area contributed by atoms with Gasteiger partial charge in [-0.3, -0.25) is 9.59 Å². The molecule has 0 bridgehead atoms. The van der Waals surface area contributed by atoms with Gasteiger partial charge in [-0.1, -0.05) is 30.3 Å². The van der Waals surface area contributed by atoms with Crippen molar-refractivity contribution in [2.45, 2.75) is 13.0 Å². The molecule has 1 aromatic rings. The molecule has 0 radical (unpaired) electrons. The molecule has 7 heteroatoms. The van der Waals surface area contributed by atoms with Crippen LogP contribution in [-0.4, -0.2) is 61.4 Å². The molecular formula is C17H24N4O3. The zero-order chi connectivity index (χ0) is 17.5. The second-order valence-corrected chi connectivity index (χ2v) is 6.08. The van der Waals surface area contributed by atoms with Crippen LogP contribution >= 0.6 is 0 Å². The van der Waals surface area contributed by atoms with Crippen molar-refractivity contribution in [2.75, 3.05) is 33.7 Å². The highest BCUT2D eigenvalue weighted by molar-refractivity contribution is 5.89. The molecule has 0 saturated carbocycles. The van der Waals surface area contributed by atoms with Crippen molar-refractivity contribution in [1.29, 1.82) is 0 Å². The number of urea groups is 1. The average Bonchev–Trinajstić information content (AvgIpc) is 2.93. The van der Waals surface area contributed by atoms with Crippen molar-refractivity contribution in [2.24, 2.45) is 5.92 Å². The number of hydrogen-bond donors (Lipinski definition) is 2. The number of nitrogens with zero attached hydrogens (tertiary/aromatic N) is 2. The second kappa shape index (κ2) is 8.33. The minimum absolute atomic E-state index is 0.0000800. The molecule has 7 nitrogen and oxygen atoms in total. The van der Waals surface area contributed by atoms with E-state index in [0.717, 1.165) is 5.56 Å². The number of likely N-dealkylation sites (tertiary alicyclic amines) is 1.